The highest BCUT2D eigenvalue weighted by molar-refractivity contribution is 5.93. The van der Waals surface area contributed by atoms with Gasteiger partial charge >= 0.3 is 11.9 Å². The van der Waals surface area contributed by atoms with Crippen LogP contribution in [0.2, 0.25) is 0 Å². The number of hydrogen-bond donors (Lipinski definition) is 1. The molecule has 0 aliphatic carbocycles. The summed E-state index contributed by atoms with van der Waals surface area (Å²) in [5.74, 6) is -0.841. The first-order valence-corrected chi connectivity index (χ1v) is 5.01. The van der Waals surface area contributed by atoms with Gasteiger partial charge in [-0.2, -0.15) is 5.10 Å². The Morgan fingerprint density at radius 2 is 2.12 bits per heavy atom. The number of hydrogen-bond acceptors (Lipinski definition) is 6. The molecule has 0 aromatic carbocycles. The van der Waals surface area contributed by atoms with Crippen molar-refractivity contribution >= 4 is 17.6 Å². The van der Waals surface area contributed by atoms with Crippen LogP contribution in [0.25, 0.3) is 0 Å². The Hall–Kier alpha value is -2.05. The summed E-state index contributed by atoms with van der Waals surface area (Å²) < 4.78 is 10.6. The van der Waals surface area contributed by atoms with E-state index in [1.165, 1.54) is 18.9 Å². The number of carbonyl (C=O) groups excluding carboxylic acids is 2. The minimum atomic E-state index is -0.522. The minimum absolute atomic E-state index is 0.194. The van der Waals surface area contributed by atoms with Crippen molar-refractivity contribution in [2.24, 2.45) is 7.05 Å². The summed E-state index contributed by atoms with van der Waals surface area (Å²) in [4.78, 5) is 22.3. The second-order valence-corrected chi connectivity index (χ2v) is 3.31. The van der Waals surface area contributed by atoms with Crippen LogP contribution in [0.15, 0.2) is 6.20 Å². The van der Waals surface area contributed by atoms with Gasteiger partial charge in [-0.25, -0.2) is 4.79 Å². The van der Waals surface area contributed by atoms with Crippen molar-refractivity contribution in [3.63, 3.8) is 0 Å². The number of aryl methyl sites for hydroxylation is 1. The number of aromatic nitrogens is 2. The Labute approximate surface area is 98.7 Å². The number of nitrogens with zero attached hydrogens (tertiary/aromatic N) is 2. The first-order chi connectivity index (χ1) is 8.08. The number of ether oxygens (including phenoxy) is 2. The quantitative estimate of drug-likeness (QED) is 0.740. The van der Waals surface area contributed by atoms with Gasteiger partial charge < -0.3 is 14.8 Å². The molecule has 0 saturated heterocycles. The van der Waals surface area contributed by atoms with Crippen LogP contribution in [0, 0.1) is 0 Å². The van der Waals surface area contributed by atoms with Gasteiger partial charge in [0, 0.05) is 19.8 Å². The van der Waals surface area contributed by atoms with Crippen LogP contribution in [0.1, 0.15) is 16.9 Å². The Morgan fingerprint density at radius 1 is 1.41 bits per heavy atom. The molecule has 0 saturated carbocycles. The second kappa shape index (κ2) is 5.88. The van der Waals surface area contributed by atoms with E-state index < -0.39 is 5.97 Å². The molecule has 1 rings (SSSR count). The summed E-state index contributed by atoms with van der Waals surface area (Å²) in [6.45, 7) is 0.363. The third-order valence-corrected chi connectivity index (χ3v) is 2.08. The summed E-state index contributed by atoms with van der Waals surface area (Å²) in [5, 5.41) is 6.89. The maximum absolute atomic E-state index is 11.4. The normalized spacial score (nSPS) is 9.82. The van der Waals surface area contributed by atoms with E-state index in [1.807, 2.05) is 0 Å². The number of rotatable bonds is 5. The maximum Gasteiger partial charge on any atom is 0.360 e. The van der Waals surface area contributed by atoms with Gasteiger partial charge in [0.2, 0.25) is 0 Å². The fraction of sp³-hybridized carbons (Fsp3) is 0.500. The molecule has 1 N–H and O–H groups in total. The smallest absolute Gasteiger partial charge is 0.360 e. The Balaban J connectivity index is 2.64. The van der Waals surface area contributed by atoms with E-state index in [-0.39, 0.29) is 18.1 Å². The lowest BCUT2D eigenvalue weighted by Crippen LogP contribution is -2.12. The Bertz CT molecular complexity index is 414. The SMILES string of the molecule is COC(=O)CCNc1cn(C)nc1C(=O)OC. The summed E-state index contributed by atoms with van der Waals surface area (Å²) in [6.07, 6.45) is 1.86. The fourth-order valence-electron chi connectivity index (χ4n) is 1.27. The molecular weight excluding hydrogens is 226 g/mol. The number of methoxy groups -OCH3 is 2. The van der Waals surface area contributed by atoms with E-state index in [2.05, 4.69) is 19.9 Å². The van der Waals surface area contributed by atoms with Crippen LogP contribution < -0.4 is 5.32 Å². The van der Waals surface area contributed by atoms with Gasteiger partial charge in [-0.1, -0.05) is 0 Å². The topological polar surface area (TPSA) is 82.5 Å². The highest BCUT2D eigenvalue weighted by atomic mass is 16.5. The molecule has 94 valence electrons. The van der Waals surface area contributed by atoms with Crippen molar-refractivity contribution in [1.82, 2.24) is 9.78 Å². The minimum Gasteiger partial charge on any atom is -0.469 e. The summed E-state index contributed by atoms with van der Waals surface area (Å²) in [5.41, 5.74) is 0.725. The van der Waals surface area contributed by atoms with Crippen molar-refractivity contribution in [2.75, 3.05) is 26.1 Å². The highest BCUT2D eigenvalue weighted by Gasteiger charge is 2.16. The molecule has 0 spiro atoms. The summed E-state index contributed by atoms with van der Waals surface area (Å²) >= 11 is 0. The molecule has 7 nitrogen and oxygen atoms in total. The lowest BCUT2D eigenvalue weighted by molar-refractivity contribution is -0.140. The molecule has 0 aliphatic rings. The van der Waals surface area contributed by atoms with Gasteiger partial charge in [-0.15, -0.1) is 0 Å². The summed E-state index contributed by atoms with van der Waals surface area (Å²) in [7, 11) is 4.31. The van der Waals surface area contributed by atoms with Gasteiger partial charge in [0.05, 0.1) is 26.3 Å². The van der Waals surface area contributed by atoms with Crippen LogP contribution in [0.3, 0.4) is 0 Å². The molecule has 1 aromatic rings. The number of nitrogens with one attached hydrogen (secondary N) is 1. The van der Waals surface area contributed by atoms with Crippen molar-refractivity contribution in [3.05, 3.63) is 11.9 Å². The zero-order chi connectivity index (χ0) is 12.8. The molecule has 0 aliphatic heterocycles. The van der Waals surface area contributed by atoms with Crippen LogP contribution in [-0.2, 0) is 21.3 Å². The molecule has 0 unspecified atom stereocenters. The lowest BCUT2D eigenvalue weighted by atomic mass is 10.3. The molecule has 1 heterocycles. The third-order valence-electron chi connectivity index (χ3n) is 2.08. The van der Waals surface area contributed by atoms with Crippen LogP contribution in [0.5, 0.6) is 0 Å². The van der Waals surface area contributed by atoms with Crippen molar-refractivity contribution in [2.45, 2.75) is 6.42 Å². The van der Waals surface area contributed by atoms with E-state index in [1.54, 1.807) is 13.2 Å². The average molecular weight is 241 g/mol. The highest BCUT2D eigenvalue weighted by Crippen LogP contribution is 2.13. The molecule has 0 bridgehead atoms. The molecule has 17 heavy (non-hydrogen) atoms. The molecule has 1 aromatic heterocycles. The molecule has 0 fully saturated rings. The molecule has 0 atom stereocenters. The van der Waals surface area contributed by atoms with Gasteiger partial charge in [0.25, 0.3) is 0 Å². The monoisotopic (exact) mass is 241 g/mol. The van der Waals surface area contributed by atoms with E-state index in [4.69, 9.17) is 0 Å². The zero-order valence-corrected chi connectivity index (χ0v) is 10.0. The first-order valence-electron chi connectivity index (χ1n) is 5.01. The third kappa shape index (κ3) is 3.47. The largest absolute Gasteiger partial charge is 0.469 e. The van der Waals surface area contributed by atoms with Crippen molar-refractivity contribution in [3.8, 4) is 0 Å². The summed E-state index contributed by atoms with van der Waals surface area (Å²) in [6, 6.07) is 0. The van der Waals surface area contributed by atoms with Gasteiger partial charge in [-0.05, 0) is 0 Å². The van der Waals surface area contributed by atoms with E-state index in [0.29, 0.717) is 12.2 Å². The standard InChI is InChI=1S/C10H15N3O4/c1-13-6-7(9(12-13)10(15)17-3)11-5-4-8(14)16-2/h6,11H,4-5H2,1-3H3. The average Bonchev–Trinajstić information content (AvgIpc) is 2.69. The molecular formula is C10H15N3O4. The van der Waals surface area contributed by atoms with E-state index in [9.17, 15) is 9.59 Å². The van der Waals surface area contributed by atoms with Gasteiger partial charge in [0.15, 0.2) is 5.69 Å². The predicted octanol–water partition coefficient (Wildman–Crippen LogP) is 0.182. The van der Waals surface area contributed by atoms with E-state index >= 15 is 0 Å². The Morgan fingerprint density at radius 3 is 2.71 bits per heavy atom. The van der Waals surface area contributed by atoms with Crippen LogP contribution in [-0.4, -0.2) is 42.5 Å². The second-order valence-electron chi connectivity index (χ2n) is 3.31. The van der Waals surface area contributed by atoms with Gasteiger partial charge in [-0.3, -0.25) is 9.48 Å². The van der Waals surface area contributed by atoms with Crippen LogP contribution >= 0.6 is 0 Å². The zero-order valence-electron chi connectivity index (χ0n) is 10.0. The maximum atomic E-state index is 11.4. The number of anilines is 1. The molecule has 7 heteroatoms. The molecule has 0 radical (unpaired) electrons. The lowest BCUT2D eigenvalue weighted by Gasteiger charge is -2.04. The fourth-order valence-corrected chi connectivity index (χ4v) is 1.27. The van der Waals surface area contributed by atoms with Crippen molar-refractivity contribution < 1.29 is 19.1 Å². The van der Waals surface area contributed by atoms with E-state index in [0.717, 1.165) is 0 Å². The predicted molar refractivity (Wildman–Crippen MR) is 59.7 cm³/mol. The first kappa shape index (κ1) is 13.0. The van der Waals surface area contributed by atoms with Gasteiger partial charge in [0.1, 0.15) is 0 Å². The molecule has 0 amide bonds. The Kier molecular flexibility index (Phi) is 4.50. The number of esters is 2. The number of carbonyl (C=O) groups is 2. The van der Waals surface area contributed by atoms with Crippen LogP contribution in [0.4, 0.5) is 5.69 Å². The van der Waals surface area contributed by atoms with Crippen molar-refractivity contribution in [1.29, 1.82) is 0 Å².